The molecule has 4 aromatic rings. The maximum atomic E-state index is 15.0. The first-order valence-corrected chi connectivity index (χ1v) is 16.8. The molecule has 1 saturated heterocycles. The van der Waals surface area contributed by atoms with Crippen molar-refractivity contribution in [1.82, 2.24) is 14.8 Å². The highest BCUT2D eigenvalue weighted by Gasteiger charge is 2.21. The molecular formula is C32H32Cl2FN5O5S. The van der Waals surface area contributed by atoms with E-state index in [1.807, 2.05) is 18.0 Å². The Labute approximate surface area is 277 Å². The summed E-state index contributed by atoms with van der Waals surface area (Å²) in [5.41, 5.74) is 2.11. The quantitative estimate of drug-likeness (QED) is 0.201. The first-order chi connectivity index (χ1) is 22.1. The topological polar surface area (TPSA) is 96.5 Å². The number of nitrogens with zero attached hydrogens (tertiary/aromatic N) is 4. The molecule has 6 rings (SSSR count). The Kier molecular flexibility index (Phi) is 9.71. The molecule has 1 N–H and O–H groups in total. The predicted octanol–water partition coefficient (Wildman–Crippen LogP) is 6.10. The summed E-state index contributed by atoms with van der Waals surface area (Å²) in [7, 11) is -2.08. The Hall–Kier alpha value is -3.81. The van der Waals surface area contributed by atoms with Gasteiger partial charge in [0.2, 0.25) is 12.7 Å². The average molecular weight is 689 g/mol. The van der Waals surface area contributed by atoms with E-state index in [1.54, 1.807) is 12.1 Å². The van der Waals surface area contributed by atoms with Crippen LogP contribution in [0.1, 0.15) is 5.56 Å². The standard InChI is InChI=1S/C32H32Cl2FN5O5S/c1-38(11-12-39-13-15-40(16-14-39)20-22-5-8-28-29(17-22)44-21-43-28)24-7-9-27(26(35)18-24)45-31-10-6-23(19-36-31)37-46(41,42)30-4-2-3-25(33)32(30)34/h2-10,17-19,37H,11-16,20-21H2,1H3. The van der Waals surface area contributed by atoms with Crippen molar-refractivity contribution >= 4 is 44.6 Å². The van der Waals surface area contributed by atoms with Gasteiger partial charge < -0.3 is 19.1 Å². The molecule has 0 atom stereocenters. The SMILES string of the molecule is CN(CCN1CCN(Cc2ccc3c(c2)OCO3)CC1)c1ccc(Oc2ccc(NS(=O)(=O)c3cccc(Cl)c3Cl)cn2)c(F)c1. The van der Waals surface area contributed by atoms with Crippen LogP contribution in [0.2, 0.25) is 10.0 Å². The van der Waals surface area contributed by atoms with Gasteiger partial charge in [0.1, 0.15) is 4.90 Å². The zero-order valence-electron chi connectivity index (χ0n) is 25.0. The predicted molar refractivity (Wildman–Crippen MR) is 176 cm³/mol. The number of halogens is 3. The summed E-state index contributed by atoms with van der Waals surface area (Å²) in [6.45, 7) is 6.60. The lowest BCUT2D eigenvalue weighted by Gasteiger charge is -2.35. The normalized spacial score (nSPS) is 15.1. The van der Waals surface area contributed by atoms with Gasteiger partial charge in [-0.3, -0.25) is 14.5 Å². The highest BCUT2D eigenvalue weighted by molar-refractivity contribution is 7.92. The Bertz CT molecular complexity index is 1810. The third-order valence-electron chi connectivity index (χ3n) is 7.82. The number of hydrogen-bond acceptors (Lipinski definition) is 9. The fraction of sp³-hybridized carbons (Fsp3) is 0.281. The number of sulfonamides is 1. The molecule has 2 aliphatic heterocycles. The molecule has 0 spiro atoms. The molecule has 10 nitrogen and oxygen atoms in total. The van der Waals surface area contributed by atoms with E-state index in [1.165, 1.54) is 48.2 Å². The van der Waals surface area contributed by atoms with Crippen molar-refractivity contribution in [3.8, 4) is 23.1 Å². The molecule has 1 fully saturated rings. The first-order valence-electron chi connectivity index (χ1n) is 14.6. The molecule has 2 aliphatic rings. The van der Waals surface area contributed by atoms with Crippen molar-refractivity contribution in [2.75, 3.05) is 62.7 Å². The van der Waals surface area contributed by atoms with Gasteiger partial charge in [0.05, 0.1) is 21.9 Å². The number of ether oxygens (including phenoxy) is 3. The third kappa shape index (κ3) is 7.59. The van der Waals surface area contributed by atoms with E-state index in [-0.39, 0.29) is 39.1 Å². The zero-order valence-corrected chi connectivity index (χ0v) is 27.3. The minimum absolute atomic E-state index is 0.00210. The number of benzene rings is 3. The van der Waals surface area contributed by atoms with Crippen LogP contribution in [0.4, 0.5) is 15.8 Å². The van der Waals surface area contributed by atoms with E-state index in [0.717, 1.165) is 63.0 Å². The third-order valence-corrected chi connectivity index (χ3v) is 10.2. The number of anilines is 2. The second-order valence-electron chi connectivity index (χ2n) is 11.0. The van der Waals surface area contributed by atoms with Crippen LogP contribution in [-0.4, -0.2) is 76.3 Å². The number of pyridine rings is 1. The van der Waals surface area contributed by atoms with Gasteiger partial charge in [-0.2, -0.15) is 0 Å². The van der Waals surface area contributed by atoms with Crippen LogP contribution < -0.4 is 23.8 Å². The van der Waals surface area contributed by atoms with Crippen LogP contribution in [0.3, 0.4) is 0 Å². The van der Waals surface area contributed by atoms with Gasteiger partial charge in [-0.1, -0.05) is 35.3 Å². The Morgan fingerprint density at radius 3 is 2.52 bits per heavy atom. The molecule has 0 bridgehead atoms. The zero-order chi connectivity index (χ0) is 32.3. The number of hydrogen-bond donors (Lipinski definition) is 1. The molecule has 0 amide bonds. The molecule has 0 saturated carbocycles. The van der Waals surface area contributed by atoms with Crippen LogP contribution in [-0.2, 0) is 16.6 Å². The highest BCUT2D eigenvalue weighted by Crippen LogP contribution is 2.33. The van der Waals surface area contributed by atoms with E-state index in [2.05, 4.69) is 31.6 Å². The van der Waals surface area contributed by atoms with Crippen LogP contribution in [0, 0.1) is 5.82 Å². The number of fused-ring (bicyclic) bond motifs is 1. The highest BCUT2D eigenvalue weighted by atomic mass is 35.5. The Balaban J connectivity index is 0.970. The smallest absolute Gasteiger partial charge is 0.263 e. The summed E-state index contributed by atoms with van der Waals surface area (Å²) in [6, 6.07) is 18.1. The summed E-state index contributed by atoms with van der Waals surface area (Å²) < 4.78 is 59.4. The van der Waals surface area contributed by atoms with Crippen molar-refractivity contribution < 1.29 is 27.0 Å². The van der Waals surface area contributed by atoms with E-state index in [4.69, 9.17) is 37.4 Å². The van der Waals surface area contributed by atoms with Gasteiger partial charge in [0, 0.05) is 70.7 Å². The fourth-order valence-corrected chi connectivity index (χ4v) is 7.02. The number of rotatable bonds is 11. The van der Waals surface area contributed by atoms with Crippen molar-refractivity contribution in [2.45, 2.75) is 11.4 Å². The minimum Gasteiger partial charge on any atom is -0.454 e. The van der Waals surface area contributed by atoms with Gasteiger partial charge in [0.15, 0.2) is 23.1 Å². The number of nitrogens with one attached hydrogen (secondary N) is 1. The summed E-state index contributed by atoms with van der Waals surface area (Å²) >= 11 is 12.0. The summed E-state index contributed by atoms with van der Waals surface area (Å²) in [5, 5.41) is 0.0384. The Morgan fingerprint density at radius 2 is 1.76 bits per heavy atom. The molecule has 1 aromatic heterocycles. The van der Waals surface area contributed by atoms with Gasteiger partial charge >= 0.3 is 0 Å². The maximum Gasteiger partial charge on any atom is 0.263 e. The lowest BCUT2D eigenvalue weighted by Crippen LogP contribution is -2.47. The van der Waals surface area contributed by atoms with E-state index in [0.29, 0.717) is 0 Å². The van der Waals surface area contributed by atoms with Gasteiger partial charge in [0.25, 0.3) is 10.0 Å². The van der Waals surface area contributed by atoms with Crippen LogP contribution in [0.5, 0.6) is 23.1 Å². The Morgan fingerprint density at radius 1 is 0.978 bits per heavy atom. The van der Waals surface area contributed by atoms with Crippen molar-refractivity contribution in [1.29, 1.82) is 0 Å². The molecule has 0 unspecified atom stereocenters. The van der Waals surface area contributed by atoms with Crippen LogP contribution >= 0.6 is 23.2 Å². The summed E-state index contributed by atoms with van der Waals surface area (Å²) in [5.74, 6) is 1.17. The molecule has 3 heterocycles. The van der Waals surface area contributed by atoms with Crippen LogP contribution in [0.15, 0.2) is 77.8 Å². The number of likely N-dealkylation sites (N-methyl/N-ethyl adjacent to an activating group) is 1. The molecular weight excluding hydrogens is 656 g/mol. The average Bonchev–Trinajstić information content (AvgIpc) is 3.51. The molecule has 0 radical (unpaired) electrons. The van der Waals surface area contributed by atoms with Crippen molar-refractivity contribution in [3.05, 3.63) is 94.4 Å². The van der Waals surface area contributed by atoms with E-state index in [9.17, 15) is 8.42 Å². The molecule has 3 aromatic carbocycles. The number of aromatic nitrogens is 1. The van der Waals surface area contributed by atoms with E-state index < -0.39 is 15.8 Å². The van der Waals surface area contributed by atoms with Crippen LogP contribution in [0.25, 0.3) is 0 Å². The molecule has 242 valence electrons. The summed E-state index contributed by atoms with van der Waals surface area (Å²) in [4.78, 5) is 10.8. The number of piperazine rings is 1. The largest absolute Gasteiger partial charge is 0.454 e. The second-order valence-corrected chi connectivity index (χ2v) is 13.4. The van der Waals surface area contributed by atoms with Crippen molar-refractivity contribution in [3.63, 3.8) is 0 Å². The second kappa shape index (κ2) is 13.9. The molecule has 14 heteroatoms. The monoisotopic (exact) mass is 687 g/mol. The van der Waals surface area contributed by atoms with Gasteiger partial charge in [-0.25, -0.2) is 17.8 Å². The first kappa shape index (κ1) is 32.1. The van der Waals surface area contributed by atoms with Gasteiger partial charge in [-0.15, -0.1) is 0 Å². The minimum atomic E-state index is -4.01. The summed E-state index contributed by atoms with van der Waals surface area (Å²) in [6.07, 6.45) is 1.27. The molecule has 46 heavy (non-hydrogen) atoms. The fourth-order valence-electron chi connectivity index (χ4n) is 5.21. The maximum absolute atomic E-state index is 15.0. The van der Waals surface area contributed by atoms with Gasteiger partial charge in [-0.05, 0) is 48.0 Å². The lowest BCUT2D eigenvalue weighted by atomic mass is 10.1. The lowest BCUT2D eigenvalue weighted by molar-refractivity contribution is 0.129. The van der Waals surface area contributed by atoms with E-state index >= 15 is 4.39 Å². The molecule has 0 aliphatic carbocycles. The van der Waals surface area contributed by atoms with Crippen molar-refractivity contribution in [2.24, 2.45) is 0 Å².